The molecule has 1 unspecified atom stereocenters. The maximum atomic E-state index is 12.8. The van der Waals surface area contributed by atoms with Crippen molar-refractivity contribution in [2.75, 3.05) is 5.32 Å². The molecule has 0 aromatic heterocycles. The highest BCUT2D eigenvalue weighted by Gasteiger charge is 2.37. The molecule has 2 amide bonds. The first-order valence-corrected chi connectivity index (χ1v) is 8.28. The molecule has 1 atom stereocenters. The number of hydrogen-bond acceptors (Lipinski definition) is 1. The Labute approximate surface area is 158 Å². The minimum Gasteiger partial charge on any atom is -0.331 e. The van der Waals surface area contributed by atoms with E-state index >= 15 is 0 Å². The van der Waals surface area contributed by atoms with Crippen LogP contribution in [-0.4, -0.2) is 6.03 Å². The van der Waals surface area contributed by atoms with E-state index in [1.165, 1.54) is 0 Å². The van der Waals surface area contributed by atoms with Gasteiger partial charge in [-0.3, -0.25) is 0 Å². The van der Waals surface area contributed by atoms with Crippen LogP contribution in [0.5, 0.6) is 0 Å². The number of carbonyl (C=O) groups excluding carboxylic acids is 1. The highest BCUT2D eigenvalue weighted by atomic mass is 79.9. The van der Waals surface area contributed by atoms with Crippen molar-refractivity contribution in [1.82, 2.24) is 5.32 Å². The molecule has 3 nitrogen and oxygen atoms in total. The zero-order valence-electron chi connectivity index (χ0n) is 13.7. The Bertz CT molecular complexity index is 785. The van der Waals surface area contributed by atoms with E-state index in [-0.39, 0.29) is 6.07 Å². The maximum absolute atomic E-state index is 12.8. The molecule has 2 rings (SSSR count). The Balaban J connectivity index is 2.20. The molecule has 0 saturated carbocycles. The van der Waals surface area contributed by atoms with E-state index in [1.54, 1.807) is 31.2 Å². The number of alkyl halides is 6. The van der Waals surface area contributed by atoms with Gasteiger partial charge in [-0.05, 0) is 42.8 Å². The summed E-state index contributed by atoms with van der Waals surface area (Å²) < 4.78 is 77.8. The molecule has 10 heteroatoms. The van der Waals surface area contributed by atoms with Crippen molar-refractivity contribution in [3.05, 3.63) is 63.6 Å². The molecule has 0 fully saturated rings. The quantitative estimate of drug-likeness (QED) is 0.519. The molecule has 0 aliphatic heterocycles. The van der Waals surface area contributed by atoms with Gasteiger partial charge in [0.2, 0.25) is 0 Å². The summed E-state index contributed by atoms with van der Waals surface area (Å²) in [5, 5.41) is 4.47. The third kappa shape index (κ3) is 5.88. The lowest BCUT2D eigenvalue weighted by atomic mass is 10.1. The minimum absolute atomic E-state index is 0.00641. The lowest BCUT2D eigenvalue weighted by Gasteiger charge is -2.17. The minimum atomic E-state index is -4.99. The smallest absolute Gasteiger partial charge is 0.331 e. The van der Waals surface area contributed by atoms with Crippen LogP contribution in [0.15, 0.2) is 46.9 Å². The normalized spacial score (nSPS) is 13.2. The second-order valence-corrected chi connectivity index (χ2v) is 6.58. The number of benzene rings is 2. The van der Waals surface area contributed by atoms with Crippen LogP contribution in [0.3, 0.4) is 0 Å². The van der Waals surface area contributed by atoms with Crippen molar-refractivity contribution in [2.45, 2.75) is 25.3 Å². The topological polar surface area (TPSA) is 41.1 Å². The summed E-state index contributed by atoms with van der Waals surface area (Å²) in [6, 6.07) is 6.30. The van der Waals surface area contributed by atoms with E-state index in [1.807, 2.05) is 5.32 Å². The molecule has 0 aliphatic carbocycles. The monoisotopic (exact) mass is 454 g/mol. The number of anilines is 1. The Morgan fingerprint density at radius 1 is 0.926 bits per heavy atom. The third-order valence-electron chi connectivity index (χ3n) is 3.56. The predicted octanol–water partition coefficient (Wildman–Crippen LogP) is 6.37. The molecule has 2 N–H and O–H groups in total. The zero-order valence-corrected chi connectivity index (χ0v) is 15.3. The lowest BCUT2D eigenvalue weighted by Crippen LogP contribution is -2.31. The van der Waals surface area contributed by atoms with Gasteiger partial charge in [-0.25, -0.2) is 4.79 Å². The zero-order chi connectivity index (χ0) is 20.4. The first-order chi connectivity index (χ1) is 12.4. The van der Waals surface area contributed by atoms with Crippen LogP contribution >= 0.6 is 15.9 Å². The Kier molecular flexibility index (Phi) is 6.08. The SMILES string of the molecule is CC(NC(=O)Nc1cc(C(F)(F)F)cc(C(F)(F)F)c1)c1ccc(Br)cc1. The Hall–Kier alpha value is -2.23. The number of hydrogen-bond donors (Lipinski definition) is 2. The molecule has 146 valence electrons. The lowest BCUT2D eigenvalue weighted by molar-refractivity contribution is -0.143. The van der Waals surface area contributed by atoms with Gasteiger partial charge in [0.05, 0.1) is 17.2 Å². The predicted molar refractivity (Wildman–Crippen MR) is 91.2 cm³/mol. The van der Waals surface area contributed by atoms with Crippen LogP contribution < -0.4 is 10.6 Å². The van der Waals surface area contributed by atoms with Gasteiger partial charge in [0.25, 0.3) is 0 Å². The largest absolute Gasteiger partial charge is 0.416 e. The van der Waals surface area contributed by atoms with Crippen LogP contribution in [0.4, 0.5) is 36.8 Å². The molecular formula is C17H13BrF6N2O. The maximum Gasteiger partial charge on any atom is 0.416 e. The van der Waals surface area contributed by atoms with E-state index < -0.39 is 41.2 Å². The van der Waals surface area contributed by atoms with Crippen molar-refractivity contribution in [3.8, 4) is 0 Å². The molecule has 2 aromatic rings. The van der Waals surface area contributed by atoms with Crippen LogP contribution in [0.25, 0.3) is 0 Å². The first kappa shape index (κ1) is 21.1. The summed E-state index contributed by atoms with van der Waals surface area (Å²) in [7, 11) is 0. The molecule has 2 aromatic carbocycles. The van der Waals surface area contributed by atoms with E-state index in [2.05, 4.69) is 21.2 Å². The average Bonchev–Trinajstić information content (AvgIpc) is 2.53. The van der Waals surface area contributed by atoms with Crippen molar-refractivity contribution in [3.63, 3.8) is 0 Å². The van der Waals surface area contributed by atoms with Crippen LogP contribution in [-0.2, 0) is 12.4 Å². The second-order valence-electron chi connectivity index (χ2n) is 5.67. The summed E-state index contributed by atoms with van der Waals surface area (Å²) >= 11 is 3.25. The summed E-state index contributed by atoms with van der Waals surface area (Å²) in [6.07, 6.45) is -9.97. The van der Waals surface area contributed by atoms with Gasteiger partial charge in [0, 0.05) is 10.2 Å². The molecule has 0 bridgehead atoms. The molecule has 0 aliphatic rings. The highest BCUT2D eigenvalue weighted by molar-refractivity contribution is 9.10. The van der Waals surface area contributed by atoms with Crippen LogP contribution in [0.2, 0.25) is 0 Å². The Morgan fingerprint density at radius 3 is 1.85 bits per heavy atom. The number of urea groups is 1. The van der Waals surface area contributed by atoms with Crippen LogP contribution in [0.1, 0.15) is 29.7 Å². The van der Waals surface area contributed by atoms with Crippen LogP contribution in [0, 0.1) is 0 Å². The molecule has 0 saturated heterocycles. The summed E-state index contributed by atoms with van der Waals surface area (Å²) in [5.41, 5.74) is -2.92. The van der Waals surface area contributed by atoms with Crippen molar-refractivity contribution in [2.24, 2.45) is 0 Å². The average molecular weight is 455 g/mol. The molecular weight excluding hydrogens is 442 g/mol. The van der Waals surface area contributed by atoms with Gasteiger partial charge in [-0.15, -0.1) is 0 Å². The summed E-state index contributed by atoms with van der Waals surface area (Å²) in [6.45, 7) is 1.62. The fourth-order valence-corrected chi connectivity index (χ4v) is 2.49. The fraction of sp³-hybridized carbons (Fsp3) is 0.235. The fourth-order valence-electron chi connectivity index (χ4n) is 2.23. The standard InChI is InChI=1S/C17H13BrF6N2O/c1-9(10-2-4-13(18)5-3-10)25-15(27)26-14-7-11(16(19,20)21)6-12(8-14)17(22,23)24/h2-9H,1H3,(H2,25,26,27). The number of halogens is 7. The van der Waals surface area contributed by atoms with Gasteiger partial charge in [-0.1, -0.05) is 28.1 Å². The number of rotatable bonds is 3. The van der Waals surface area contributed by atoms with Gasteiger partial charge in [0.15, 0.2) is 0 Å². The summed E-state index contributed by atoms with van der Waals surface area (Å²) in [5.74, 6) is 0. The summed E-state index contributed by atoms with van der Waals surface area (Å²) in [4.78, 5) is 12.0. The van der Waals surface area contributed by atoms with Crippen molar-refractivity contribution < 1.29 is 31.1 Å². The number of carbonyl (C=O) groups is 1. The van der Waals surface area contributed by atoms with Gasteiger partial charge in [0.1, 0.15) is 0 Å². The first-order valence-electron chi connectivity index (χ1n) is 7.49. The third-order valence-corrected chi connectivity index (χ3v) is 4.09. The van der Waals surface area contributed by atoms with Crippen molar-refractivity contribution >= 4 is 27.6 Å². The van der Waals surface area contributed by atoms with Gasteiger partial charge >= 0.3 is 18.4 Å². The number of nitrogens with one attached hydrogen (secondary N) is 2. The molecule has 27 heavy (non-hydrogen) atoms. The second kappa shape index (κ2) is 7.79. The van der Waals surface area contributed by atoms with Gasteiger partial charge < -0.3 is 10.6 Å². The molecule has 0 heterocycles. The molecule has 0 radical (unpaired) electrons. The van der Waals surface area contributed by atoms with E-state index in [0.717, 1.165) is 4.47 Å². The van der Waals surface area contributed by atoms with E-state index in [0.29, 0.717) is 17.7 Å². The number of amides is 2. The van der Waals surface area contributed by atoms with Crippen molar-refractivity contribution in [1.29, 1.82) is 0 Å². The van der Waals surface area contributed by atoms with Gasteiger partial charge in [-0.2, -0.15) is 26.3 Å². The van der Waals surface area contributed by atoms with E-state index in [4.69, 9.17) is 0 Å². The molecule has 0 spiro atoms. The highest BCUT2D eigenvalue weighted by Crippen LogP contribution is 2.37. The van der Waals surface area contributed by atoms with E-state index in [9.17, 15) is 31.1 Å². The Morgan fingerprint density at radius 2 is 1.41 bits per heavy atom.